The number of nitrogen functional groups attached to an aromatic ring is 1. The highest BCUT2D eigenvalue weighted by atomic mass is 32.2. The second kappa shape index (κ2) is 8.12. The van der Waals surface area contributed by atoms with Crippen LogP contribution in [0.3, 0.4) is 0 Å². The summed E-state index contributed by atoms with van der Waals surface area (Å²) in [6.07, 6.45) is 1.07. The van der Waals surface area contributed by atoms with E-state index in [4.69, 9.17) is 10.5 Å². The van der Waals surface area contributed by atoms with Crippen LogP contribution in [0, 0.1) is 0 Å². The Morgan fingerprint density at radius 3 is 2.35 bits per heavy atom. The van der Waals surface area contributed by atoms with Crippen LogP contribution in [0.2, 0.25) is 0 Å². The summed E-state index contributed by atoms with van der Waals surface area (Å²) in [7, 11) is -1.26. The molecule has 1 atom stereocenters. The van der Waals surface area contributed by atoms with E-state index in [0.29, 0.717) is 0 Å². The molecule has 1 aliphatic rings. The topological polar surface area (TPSA) is 151 Å². The molecule has 0 radical (unpaired) electrons. The minimum atomic E-state index is -3.75. The standard InChI is InChI=1S/C19H22N4O7S/c1-21-16(20)15(17(25)22(2)19(21)27)14(24)10-30-18(26)13-8-11-6-4-5-7-12(11)9-23(13)31(3,28)29/h4-7,13H,8-10,20H2,1-3H3/t13-/m1/s1. The summed E-state index contributed by atoms with van der Waals surface area (Å²) >= 11 is 0. The van der Waals surface area contributed by atoms with Crippen molar-refractivity contribution in [2.24, 2.45) is 14.1 Å². The highest BCUT2D eigenvalue weighted by Crippen LogP contribution is 2.26. The van der Waals surface area contributed by atoms with Crippen molar-refractivity contribution >= 4 is 27.6 Å². The van der Waals surface area contributed by atoms with Gasteiger partial charge in [-0.2, -0.15) is 4.31 Å². The largest absolute Gasteiger partial charge is 0.456 e. The van der Waals surface area contributed by atoms with Crippen LogP contribution in [-0.4, -0.2) is 52.5 Å². The summed E-state index contributed by atoms with van der Waals surface area (Å²) in [5, 5.41) is 0. The quantitative estimate of drug-likeness (QED) is 0.440. The molecule has 2 aromatic rings. The second-order valence-corrected chi connectivity index (χ2v) is 9.23. The first kappa shape index (κ1) is 22.4. The van der Waals surface area contributed by atoms with Crippen molar-refractivity contribution in [3.8, 4) is 0 Å². The Bertz CT molecular complexity index is 1290. The van der Waals surface area contributed by atoms with Crippen molar-refractivity contribution in [1.82, 2.24) is 13.4 Å². The normalized spacial score (nSPS) is 16.5. The number of Topliss-reactive ketones (excluding diaryl/α,β-unsaturated/α-hetero) is 1. The zero-order chi connectivity index (χ0) is 23.1. The number of fused-ring (bicyclic) bond motifs is 1. The van der Waals surface area contributed by atoms with Gasteiger partial charge in [-0.1, -0.05) is 24.3 Å². The number of carbonyl (C=O) groups excluding carboxylic acids is 2. The zero-order valence-corrected chi connectivity index (χ0v) is 18.0. The van der Waals surface area contributed by atoms with Crippen molar-refractivity contribution in [2.75, 3.05) is 18.6 Å². The molecule has 11 nitrogen and oxygen atoms in total. The molecule has 0 bridgehead atoms. The Labute approximate surface area is 177 Å². The van der Waals surface area contributed by atoms with Gasteiger partial charge in [0, 0.05) is 27.1 Å². The summed E-state index contributed by atoms with van der Waals surface area (Å²) < 4.78 is 32.2. The molecular weight excluding hydrogens is 428 g/mol. The van der Waals surface area contributed by atoms with E-state index in [-0.39, 0.29) is 18.8 Å². The molecule has 1 aliphatic heterocycles. The maximum atomic E-state index is 12.7. The average molecular weight is 450 g/mol. The average Bonchev–Trinajstić information content (AvgIpc) is 2.73. The fraction of sp³-hybridized carbons (Fsp3) is 0.368. The van der Waals surface area contributed by atoms with E-state index >= 15 is 0 Å². The number of aromatic nitrogens is 2. The van der Waals surface area contributed by atoms with Gasteiger partial charge in [0.05, 0.1) is 6.26 Å². The molecule has 166 valence electrons. The van der Waals surface area contributed by atoms with E-state index in [2.05, 4.69) is 0 Å². The number of benzene rings is 1. The molecule has 1 aromatic heterocycles. The minimum absolute atomic E-state index is 0.00297. The van der Waals surface area contributed by atoms with Gasteiger partial charge in [-0.05, 0) is 11.1 Å². The van der Waals surface area contributed by atoms with Crippen molar-refractivity contribution in [3.05, 3.63) is 61.8 Å². The lowest BCUT2D eigenvalue weighted by atomic mass is 9.96. The minimum Gasteiger partial charge on any atom is -0.456 e. The number of nitrogens with two attached hydrogens (primary N) is 1. The fourth-order valence-corrected chi connectivity index (χ4v) is 4.47. The molecule has 0 saturated carbocycles. The van der Waals surface area contributed by atoms with E-state index in [1.165, 1.54) is 14.1 Å². The molecule has 0 spiro atoms. The monoisotopic (exact) mass is 450 g/mol. The second-order valence-electron chi connectivity index (χ2n) is 7.29. The van der Waals surface area contributed by atoms with Crippen LogP contribution in [0.4, 0.5) is 5.82 Å². The Morgan fingerprint density at radius 1 is 1.13 bits per heavy atom. The number of hydrogen-bond acceptors (Lipinski definition) is 8. The van der Waals surface area contributed by atoms with Crippen molar-refractivity contribution in [3.63, 3.8) is 0 Å². The molecule has 2 heterocycles. The van der Waals surface area contributed by atoms with Crippen LogP contribution in [0.5, 0.6) is 0 Å². The first-order valence-electron chi connectivity index (χ1n) is 9.22. The number of sulfonamides is 1. The summed E-state index contributed by atoms with van der Waals surface area (Å²) in [6.45, 7) is -0.830. The first-order chi connectivity index (χ1) is 14.4. The predicted octanol–water partition coefficient (Wildman–Crippen LogP) is -1.22. The molecule has 1 aromatic carbocycles. The zero-order valence-electron chi connectivity index (χ0n) is 17.2. The maximum Gasteiger partial charge on any atom is 0.332 e. The smallest absolute Gasteiger partial charge is 0.332 e. The van der Waals surface area contributed by atoms with Gasteiger partial charge in [0.25, 0.3) is 5.56 Å². The molecule has 0 aliphatic carbocycles. The highest BCUT2D eigenvalue weighted by Gasteiger charge is 2.38. The van der Waals surface area contributed by atoms with E-state index < -0.39 is 51.2 Å². The molecule has 0 saturated heterocycles. The Morgan fingerprint density at radius 2 is 1.74 bits per heavy atom. The Balaban J connectivity index is 1.84. The lowest BCUT2D eigenvalue weighted by Gasteiger charge is -2.33. The third-order valence-corrected chi connectivity index (χ3v) is 6.47. The van der Waals surface area contributed by atoms with Gasteiger partial charge in [-0.15, -0.1) is 0 Å². The van der Waals surface area contributed by atoms with Crippen molar-refractivity contribution in [1.29, 1.82) is 0 Å². The molecule has 31 heavy (non-hydrogen) atoms. The Hall–Kier alpha value is -3.25. The highest BCUT2D eigenvalue weighted by molar-refractivity contribution is 7.88. The van der Waals surface area contributed by atoms with Gasteiger partial charge in [0.2, 0.25) is 15.8 Å². The van der Waals surface area contributed by atoms with Crippen LogP contribution < -0.4 is 17.0 Å². The van der Waals surface area contributed by atoms with Crippen LogP contribution in [0.25, 0.3) is 0 Å². The van der Waals surface area contributed by atoms with Crippen LogP contribution in [-0.2, 0) is 46.6 Å². The number of nitrogens with zero attached hydrogens (tertiary/aromatic N) is 3. The number of rotatable bonds is 5. The van der Waals surface area contributed by atoms with E-state index in [9.17, 15) is 27.6 Å². The van der Waals surface area contributed by atoms with Crippen molar-refractivity contribution in [2.45, 2.75) is 19.0 Å². The van der Waals surface area contributed by atoms with E-state index in [0.717, 1.165) is 30.8 Å². The van der Waals surface area contributed by atoms with E-state index in [1.807, 2.05) is 0 Å². The number of hydrogen-bond donors (Lipinski definition) is 1. The Kier molecular flexibility index (Phi) is 5.87. The van der Waals surface area contributed by atoms with Gasteiger partial charge in [-0.3, -0.25) is 23.5 Å². The summed E-state index contributed by atoms with van der Waals surface area (Å²) in [4.78, 5) is 49.4. The van der Waals surface area contributed by atoms with Gasteiger partial charge in [-0.25, -0.2) is 13.2 Å². The molecule has 0 amide bonds. The van der Waals surface area contributed by atoms with Crippen molar-refractivity contribution < 1.29 is 22.7 Å². The lowest BCUT2D eigenvalue weighted by Crippen LogP contribution is -2.49. The maximum absolute atomic E-state index is 12.7. The summed E-state index contributed by atoms with van der Waals surface area (Å²) in [5.74, 6) is -2.17. The predicted molar refractivity (Wildman–Crippen MR) is 111 cm³/mol. The first-order valence-corrected chi connectivity index (χ1v) is 11.1. The van der Waals surface area contributed by atoms with Gasteiger partial charge in [0.15, 0.2) is 6.61 Å². The van der Waals surface area contributed by atoms with Crippen LogP contribution in [0.15, 0.2) is 33.9 Å². The van der Waals surface area contributed by atoms with E-state index in [1.54, 1.807) is 24.3 Å². The SMILES string of the molecule is Cn1c(N)c(C(=O)COC(=O)[C@H]2Cc3ccccc3CN2S(C)(=O)=O)c(=O)n(C)c1=O. The lowest BCUT2D eigenvalue weighted by molar-refractivity contribution is -0.147. The fourth-order valence-electron chi connectivity index (χ4n) is 3.48. The van der Waals surface area contributed by atoms with Gasteiger partial charge >= 0.3 is 11.7 Å². The molecule has 0 unspecified atom stereocenters. The summed E-state index contributed by atoms with van der Waals surface area (Å²) in [5.41, 5.74) is 5.21. The third kappa shape index (κ3) is 4.16. The molecular formula is C19H22N4O7S. The molecule has 0 fully saturated rings. The van der Waals surface area contributed by atoms with Gasteiger partial charge < -0.3 is 10.5 Å². The molecule has 3 rings (SSSR count). The number of carbonyl (C=O) groups is 2. The summed E-state index contributed by atoms with van der Waals surface area (Å²) in [6, 6.07) is 5.96. The number of ketones is 1. The van der Waals surface area contributed by atoms with Gasteiger partial charge in [0.1, 0.15) is 17.4 Å². The number of ether oxygens (including phenoxy) is 1. The van der Waals surface area contributed by atoms with Crippen LogP contribution >= 0.6 is 0 Å². The number of anilines is 1. The third-order valence-electron chi connectivity index (χ3n) is 5.24. The molecule has 2 N–H and O–H groups in total. The van der Waals surface area contributed by atoms with Crippen LogP contribution in [0.1, 0.15) is 21.5 Å². The molecule has 12 heteroatoms. The number of esters is 1.